The molecule has 1 aromatic heterocycles. The Hall–Kier alpha value is -1.63. The van der Waals surface area contributed by atoms with Gasteiger partial charge in [0.25, 0.3) is 0 Å². The van der Waals surface area contributed by atoms with Crippen LogP contribution in [0.4, 0.5) is 5.82 Å². The summed E-state index contributed by atoms with van der Waals surface area (Å²) in [4.78, 5) is 2.01. The van der Waals surface area contributed by atoms with Gasteiger partial charge in [0, 0.05) is 13.6 Å². The van der Waals surface area contributed by atoms with Crippen molar-refractivity contribution in [2.75, 3.05) is 18.5 Å². The van der Waals surface area contributed by atoms with Crippen molar-refractivity contribution in [2.45, 2.75) is 34.1 Å². The molecule has 0 saturated carbocycles. The van der Waals surface area contributed by atoms with E-state index in [1.165, 1.54) is 0 Å². The van der Waals surface area contributed by atoms with Gasteiger partial charge in [-0.3, -0.25) is 0 Å². The summed E-state index contributed by atoms with van der Waals surface area (Å²) in [6.45, 7) is 9.06. The van der Waals surface area contributed by atoms with Crippen LogP contribution >= 0.6 is 0 Å². The van der Waals surface area contributed by atoms with Crippen LogP contribution in [0, 0.1) is 31.1 Å². The molecular weight excluding hydrogens is 212 g/mol. The van der Waals surface area contributed by atoms with E-state index in [0.717, 1.165) is 24.2 Å². The number of nitrogens with zero attached hydrogens (tertiary/aromatic N) is 4. The molecule has 0 radical (unpaired) electrons. The molecule has 4 heteroatoms. The van der Waals surface area contributed by atoms with Crippen LogP contribution in [0.2, 0.25) is 0 Å². The zero-order valence-electron chi connectivity index (χ0n) is 11.3. The van der Waals surface area contributed by atoms with Crippen LogP contribution < -0.4 is 4.90 Å². The van der Waals surface area contributed by atoms with E-state index >= 15 is 0 Å². The van der Waals surface area contributed by atoms with Crippen molar-refractivity contribution in [3.05, 3.63) is 16.8 Å². The van der Waals surface area contributed by atoms with E-state index in [9.17, 15) is 5.26 Å². The molecule has 0 fully saturated rings. The van der Waals surface area contributed by atoms with Crippen LogP contribution in [-0.4, -0.2) is 23.8 Å². The second-order valence-corrected chi connectivity index (χ2v) is 4.82. The molecule has 0 aromatic carbocycles. The van der Waals surface area contributed by atoms with E-state index in [0.29, 0.717) is 17.3 Å². The van der Waals surface area contributed by atoms with Crippen molar-refractivity contribution in [1.82, 2.24) is 10.2 Å². The van der Waals surface area contributed by atoms with Crippen molar-refractivity contribution < 1.29 is 0 Å². The summed E-state index contributed by atoms with van der Waals surface area (Å²) in [5.41, 5.74) is 2.39. The average Bonchev–Trinajstić information content (AvgIpc) is 2.29. The lowest BCUT2D eigenvalue weighted by Crippen LogP contribution is -2.23. The van der Waals surface area contributed by atoms with Crippen molar-refractivity contribution in [3.63, 3.8) is 0 Å². The van der Waals surface area contributed by atoms with Gasteiger partial charge in [0.15, 0.2) is 5.82 Å². The number of hydrogen-bond donors (Lipinski definition) is 0. The predicted octanol–water partition coefficient (Wildman–Crippen LogP) is 2.45. The summed E-state index contributed by atoms with van der Waals surface area (Å²) < 4.78 is 0. The van der Waals surface area contributed by atoms with Crippen LogP contribution in [0.5, 0.6) is 0 Å². The highest BCUT2D eigenvalue weighted by Gasteiger charge is 2.14. The van der Waals surface area contributed by atoms with Gasteiger partial charge in [0.05, 0.1) is 5.69 Å². The summed E-state index contributed by atoms with van der Waals surface area (Å²) in [7, 11) is 1.96. The largest absolute Gasteiger partial charge is 0.357 e. The molecule has 0 aliphatic carbocycles. The van der Waals surface area contributed by atoms with Crippen molar-refractivity contribution in [2.24, 2.45) is 5.92 Å². The highest BCUT2D eigenvalue weighted by Crippen LogP contribution is 2.20. The minimum Gasteiger partial charge on any atom is -0.357 e. The van der Waals surface area contributed by atoms with Crippen LogP contribution in [0.3, 0.4) is 0 Å². The standard InChI is InChI=1S/C13H20N4/c1-9(2)6-7-17(5)13-12(8-14)10(3)11(4)15-16-13/h9H,6-7H2,1-5H3. The van der Waals surface area contributed by atoms with Crippen LogP contribution in [0.25, 0.3) is 0 Å². The van der Waals surface area contributed by atoms with Gasteiger partial charge in [-0.25, -0.2) is 0 Å². The maximum Gasteiger partial charge on any atom is 0.169 e. The molecule has 1 heterocycles. The number of rotatable bonds is 4. The van der Waals surface area contributed by atoms with E-state index in [-0.39, 0.29) is 0 Å². The maximum absolute atomic E-state index is 9.21. The minimum absolute atomic E-state index is 0.641. The smallest absolute Gasteiger partial charge is 0.169 e. The van der Waals surface area contributed by atoms with Crippen molar-refractivity contribution >= 4 is 5.82 Å². The molecule has 92 valence electrons. The van der Waals surface area contributed by atoms with Crippen LogP contribution in [0.1, 0.15) is 37.1 Å². The first-order valence-electron chi connectivity index (χ1n) is 5.92. The van der Waals surface area contributed by atoms with Gasteiger partial charge in [0.2, 0.25) is 0 Å². The molecule has 17 heavy (non-hydrogen) atoms. The van der Waals surface area contributed by atoms with Gasteiger partial charge in [0.1, 0.15) is 11.6 Å². The Balaban J connectivity index is 2.98. The Morgan fingerprint density at radius 3 is 2.47 bits per heavy atom. The summed E-state index contributed by atoms with van der Waals surface area (Å²) in [5, 5.41) is 17.4. The maximum atomic E-state index is 9.21. The van der Waals surface area contributed by atoms with Crippen LogP contribution in [0.15, 0.2) is 0 Å². The monoisotopic (exact) mass is 232 g/mol. The van der Waals surface area contributed by atoms with Gasteiger partial charge in [-0.1, -0.05) is 13.8 Å². The molecule has 1 aromatic rings. The number of anilines is 1. The number of nitriles is 1. The fraction of sp³-hybridized carbons (Fsp3) is 0.615. The highest BCUT2D eigenvalue weighted by atomic mass is 15.2. The lowest BCUT2D eigenvalue weighted by molar-refractivity contribution is 0.582. The quantitative estimate of drug-likeness (QED) is 0.800. The van der Waals surface area contributed by atoms with Gasteiger partial charge < -0.3 is 4.90 Å². The normalized spacial score (nSPS) is 10.4. The first kappa shape index (κ1) is 13.4. The lowest BCUT2D eigenvalue weighted by atomic mass is 10.1. The molecule has 0 aliphatic heterocycles. The van der Waals surface area contributed by atoms with E-state index in [2.05, 4.69) is 30.1 Å². The summed E-state index contributed by atoms with van der Waals surface area (Å²) in [6.07, 6.45) is 1.08. The van der Waals surface area contributed by atoms with E-state index in [4.69, 9.17) is 0 Å². The first-order valence-corrected chi connectivity index (χ1v) is 5.92. The second-order valence-electron chi connectivity index (χ2n) is 4.82. The van der Waals surface area contributed by atoms with Crippen LogP contribution in [-0.2, 0) is 0 Å². The molecule has 4 nitrogen and oxygen atoms in total. The Bertz CT molecular complexity index is 432. The fourth-order valence-corrected chi connectivity index (χ4v) is 1.55. The molecule has 0 saturated heterocycles. The lowest BCUT2D eigenvalue weighted by Gasteiger charge is -2.20. The summed E-state index contributed by atoms with van der Waals surface area (Å²) in [5.74, 6) is 1.33. The number of aromatic nitrogens is 2. The van der Waals surface area contributed by atoms with Gasteiger partial charge >= 0.3 is 0 Å². The molecule has 0 spiro atoms. The molecule has 0 atom stereocenters. The third kappa shape index (κ3) is 3.16. The molecule has 0 amide bonds. The Labute approximate surface area is 103 Å². The molecule has 0 bridgehead atoms. The second kappa shape index (κ2) is 5.62. The zero-order valence-corrected chi connectivity index (χ0v) is 11.3. The van der Waals surface area contributed by atoms with E-state index in [1.54, 1.807) is 0 Å². The van der Waals surface area contributed by atoms with Crippen molar-refractivity contribution in [1.29, 1.82) is 5.26 Å². The number of hydrogen-bond acceptors (Lipinski definition) is 4. The van der Waals surface area contributed by atoms with Gasteiger partial charge in [-0.05, 0) is 31.7 Å². The van der Waals surface area contributed by atoms with Gasteiger partial charge in [-0.2, -0.15) is 10.4 Å². The Morgan fingerprint density at radius 2 is 1.94 bits per heavy atom. The van der Waals surface area contributed by atoms with E-state index in [1.807, 2.05) is 25.8 Å². The summed E-state index contributed by atoms with van der Waals surface area (Å²) >= 11 is 0. The summed E-state index contributed by atoms with van der Waals surface area (Å²) in [6, 6.07) is 2.23. The first-order chi connectivity index (χ1) is 7.97. The molecular formula is C13H20N4. The Kier molecular flexibility index (Phi) is 4.45. The van der Waals surface area contributed by atoms with E-state index < -0.39 is 0 Å². The third-order valence-electron chi connectivity index (χ3n) is 2.95. The predicted molar refractivity (Wildman–Crippen MR) is 68.9 cm³/mol. The number of aryl methyl sites for hydroxylation is 1. The Morgan fingerprint density at radius 1 is 1.29 bits per heavy atom. The zero-order chi connectivity index (χ0) is 13.0. The highest BCUT2D eigenvalue weighted by molar-refractivity contribution is 5.56. The molecule has 0 N–H and O–H groups in total. The van der Waals surface area contributed by atoms with Gasteiger partial charge in [-0.15, -0.1) is 5.10 Å². The average molecular weight is 232 g/mol. The molecule has 0 unspecified atom stereocenters. The topological polar surface area (TPSA) is 52.8 Å². The third-order valence-corrected chi connectivity index (χ3v) is 2.95. The van der Waals surface area contributed by atoms with Crippen molar-refractivity contribution in [3.8, 4) is 6.07 Å². The molecule has 1 rings (SSSR count). The SMILES string of the molecule is Cc1nnc(N(C)CCC(C)C)c(C#N)c1C. The minimum atomic E-state index is 0.641. The molecule has 0 aliphatic rings. The fourth-order valence-electron chi connectivity index (χ4n) is 1.55.